The van der Waals surface area contributed by atoms with Crippen molar-refractivity contribution in [2.75, 3.05) is 11.9 Å². The smallest absolute Gasteiger partial charge is 0.305 e. The first-order chi connectivity index (χ1) is 22.9. The van der Waals surface area contributed by atoms with E-state index in [0.717, 1.165) is 50.1 Å². The maximum atomic E-state index is 12.5. The number of carboxylic acid groups (broad SMARTS) is 1. The molecule has 3 N–H and O–H groups in total. The van der Waals surface area contributed by atoms with Crippen molar-refractivity contribution in [1.82, 2.24) is 15.5 Å². The number of hydrogen-bond acceptors (Lipinski definition) is 8. The molecule has 0 bridgehead atoms. The number of anilines is 1. The van der Waals surface area contributed by atoms with Gasteiger partial charge in [-0.05, 0) is 55.0 Å². The molecule has 10 heteroatoms. The number of aliphatic carboxylic acids is 1. The van der Waals surface area contributed by atoms with Crippen molar-refractivity contribution >= 4 is 39.5 Å². The third kappa shape index (κ3) is 6.34. The highest BCUT2D eigenvalue weighted by Gasteiger charge is 2.24. The van der Waals surface area contributed by atoms with Gasteiger partial charge in [-0.2, -0.15) is 0 Å². The molecule has 0 aliphatic rings. The Morgan fingerprint density at radius 1 is 0.830 bits per heavy atom. The topological polar surface area (TPSA) is 144 Å². The first kappa shape index (κ1) is 29.5. The number of carbonyl (C=O) groups is 2. The van der Waals surface area contributed by atoms with Gasteiger partial charge in [-0.15, -0.1) is 10.2 Å². The molecule has 3 heterocycles. The van der Waals surface area contributed by atoms with Crippen LogP contribution in [0.15, 0.2) is 116 Å². The van der Waals surface area contributed by atoms with E-state index < -0.39 is 12.0 Å². The molecule has 1 unspecified atom stereocenters. The van der Waals surface area contributed by atoms with E-state index in [9.17, 15) is 9.59 Å². The number of hydrogen-bond donors (Lipinski definition) is 3. The van der Waals surface area contributed by atoms with Gasteiger partial charge in [0.15, 0.2) is 5.76 Å². The number of rotatable bonds is 11. The lowest BCUT2D eigenvalue weighted by atomic mass is 10.0. The minimum Gasteiger partial charge on any atom is -0.481 e. The number of nitrogens with zero attached hydrogens (tertiary/aromatic N) is 2. The molecule has 0 radical (unpaired) electrons. The minimum atomic E-state index is -0.972. The monoisotopic (exact) mass is 626 g/mol. The maximum Gasteiger partial charge on any atom is 0.305 e. The summed E-state index contributed by atoms with van der Waals surface area (Å²) < 4.78 is 18.4. The van der Waals surface area contributed by atoms with Crippen LogP contribution in [0, 0.1) is 6.92 Å². The van der Waals surface area contributed by atoms with E-state index in [1.807, 2.05) is 85.8 Å². The highest BCUT2D eigenvalue weighted by Crippen LogP contribution is 2.34. The third-order valence-corrected chi connectivity index (χ3v) is 7.99. The van der Waals surface area contributed by atoms with Gasteiger partial charge >= 0.3 is 5.97 Å². The number of aryl methyl sites for hydroxylation is 1. The SMILES string of the molecule is Cc1c(-c2nnc(C(Cc3ccc(-c4cc5ccccc5o4)cc3)Nc3ccc(C(=O)NCCC(=O)O)cc3)o2)oc2ccccc12. The third-order valence-electron chi connectivity index (χ3n) is 7.99. The molecule has 0 saturated heterocycles. The molecule has 3 aromatic heterocycles. The molecule has 10 nitrogen and oxygen atoms in total. The molecule has 0 fully saturated rings. The Bertz CT molecular complexity index is 2160. The lowest BCUT2D eigenvalue weighted by molar-refractivity contribution is -0.136. The van der Waals surface area contributed by atoms with Gasteiger partial charge in [0.05, 0.1) is 6.42 Å². The van der Waals surface area contributed by atoms with Gasteiger partial charge in [0.1, 0.15) is 23.0 Å². The van der Waals surface area contributed by atoms with Crippen LogP contribution in [0.25, 0.3) is 44.9 Å². The number of carbonyl (C=O) groups excluding carboxylic acids is 1. The first-order valence-corrected chi connectivity index (χ1v) is 15.2. The van der Waals surface area contributed by atoms with E-state index in [0.29, 0.717) is 23.6 Å². The zero-order chi connectivity index (χ0) is 32.3. The van der Waals surface area contributed by atoms with Crippen molar-refractivity contribution < 1.29 is 27.9 Å². The van der Waals surface area contributed by atoms with Gasteiger partial charge in [0.25, 0.3) is 11.8 Å². The average Bonchev–Trinajstić information content (AvgIpc) is 3.83. The second kappa shape index (κ2) is 12.7. The highest BCUT2D eigenvalue weighted by atomic mass is 16.4. The van der Waals surface area contributed by atoms with E-state index in [4.69, 9.17) is 18.4 Å². The van der Waals surface area contributed by atoms with Crippen molar-refractivity contribution in [2.45, 2.75) is 25.8 Å². The molecular formula is C37H30N4O6. The number of nitrogens with one attached hydrogen (secondary N) is 2. The fourth-order valence-corrected chi connectivity index (χ4v) is 5.51. The summed E-state index contributed by atoms with van der Waals surface area (Å²) in [6.07, 6.45) is 0.366. The normalized spacial score (nSPS) is 11.9. The van der Waals surface area contributed by atoms with Crippen LogP contribution in [-0.4, -0.2) is 33.7 Å². The summed E-state index contributed by atoms with van der Waals surface area (Å²) in [4.78, 5) is 23.2. The second-order valence-electron chi connectivity index (χ2n) is 11.2. The fraction of sp³-hybridized carbons (Fsp3) is 0.135. The quantitative estimate of drug-likeness (QED) is 0.131. The van der Waals surface area contributed by atoms with Crippen molar-refractivity contribution in [3.63, 3.8) is 0 Å². The van der Waals surface area contributed by atoms with Crippen LogP contribution >= 0.6 is 0 Å². The van der Waals surface area contributed by atoms with Crippen LogP contribution in [-0.2, 0) is 11.2 Å². The van der Waals surface area contributed by atoms with E-state index >= 15 is 0 Å². The standard InChI is InChI=1S/C37H30N4O6/c1-22-28-7-3-5-9-31(28)46-34(22)37-41-40-36(47-37)29(39-27-16-14-25(15-17-27)35(44)38-19-18-33(42)43)20-23-10-12-24(13-11-23)32-21-26-6-2-4-8-30(26)45-32/h2-17,21,29,39H,18-20H2,1H3,(H,38,44)(H,42,43). The Morgan fingerprint density at radius 3 is 2.32 bits per heavy atom. The summed E-state index contributed by atoms with van der Waals surface area (Å²) >= 11 is 0. The van der Waals surface area contributed by atoms with Crippen LogP contribution < -0.4 is 10.6 Å². The molecule has 47 heavy (non-hydrogen) atoms. The number of carboxylic acids is 1. The summed E-state index contributed by atoms with van der Waals surface area (Å²) in [7, 11) is 0. The van der Waals surface area contributed by atoms with Gasteiger partial charge in [0.2, 0.25) is 5.89 Å². The van der Waals surface area contributed by atoms with Gasteiger partial charge in [-0.1, -0.05) is 60.7 Å². The van der Waals surface area contributed by atoms with Gasteiger partial charge in [-0.3, -0.25) is 9.59 Å². The zero-order valence-electron chi connectivity index (χ0n) is 25.4. The molecule has 7 aromatic rings. The van der Waals surface area contributed by atoms with Gasteiger partial charge < -0.3 is 29.0 Å². The first-order valence-electron chi connectivity index (χ1n) is 15.2. The molecule has 234 valence electrons. The number of para-hydroxylation sites is 2. The second-order valence-corrected chi connectivity index (χ2v) is 11.2. The van der Waals surface area contributed by atoms with Crippen molar-refractivity contribution in [3.8, 4) is 23.0 Å². The van der Waals surface area contributed by atoms with Crippen LogP contribution in [0.4, 0.5) is 5.69 Å². The molecule has 0 aliphatic heterocycles. The Hall–Kier alpha value is -6.16. The summed E-state index contributed by atoms with van der Waals surface area (Å²) in [6.45, 7) is 2.01. The van der Waals surface area contributed by atoms with Crippen molar-refractivity contribution in [2.24, 2.45) is 0 Å². The summed E-state index contributed by atoms with van der Waals surface area (Å²) in [5.41, 5.74) is 5.63. The lowest BCUT2D eigenvalue weighted by Gasteiger charge is -2.17. The van der Waals surface area contributed by atoms with Crippen LogP contribution in [0.5, 0.6) is 0 Å². The predicted molar refractivity (Wildman–Crippen MR) is 177 cm³/mol. The molecular weight excluding hydrogens is 596 g/mol. The van der Waals surface area contributed by atoms with Crippen LogP contribution in [0.1, 0.15) is 39.8 Å². The van der Waals surface area contributed by atoms with E-state index in [1.54, 1.807) is 24.3 Å². The Balaban J connectivity index is 1.14. The number of amides is 1. The molecule has 0 aliphatic carbocycles. The molecule has 0 spiro atoms. The van der Waals surface area contributed by atoms with E-state index in [1.165, 1.54) is 0 Å². The number of fused-ring (bicyclic) bond motifs is 2. The fourth-order valence-electron chi connectivity index (χ4n) is 5.51. The Kier molecular flexibility index (Phi) is 7.97. The average molecular weight is 627 g/mol. The Morgan fingerprint density at radius 2 is 1.57 bits per heavy atom. The number of aromatic nitrogens is 2. The zero-order valence-corrected chi connectivity index (χ0v) is 25.4. The van der Waals surface area contributed by atoms with E-state index in [-0.39, 0.29) is 24.8 Å². The summed E-state index contributed by atoms with van der Waals surface area (Å²) in [5.74, 6) is 0.659. The number of furan rings is 2. The minimum absolute atomic E-state index is 0.0512. The van der Waals surface area contributed by atoms with Crippen molar-refractivity contribution in [3.05, 3.63) is 126 Å². The van der Waals surface area contributed by atoms with Crippen molar-refractivity contribution in [1.29, 1.82) is 0 Å². The largest absolute Gasteiger partial charge is 0.481 e. The maximum absolute atomic E-state index is 12.5. The van der Waals surface area contributed by atoms with Gasteiger partial charge in [-0.25, -0.2) is 0 Å². The molecule has 4 aromatic carbocycles. The molecule has 7 rings (SSSR count). The molecule has 0 saturated carbocycles. The predicted octanol–water partition coefficient (Wildman–Crippen LogP) is 7.80. The highest BCUT2D eigenvalue weighted by molar-refractivity contribution is 5.94. The molecule has 1 amide bonds. The van der Waals surface area contributed by atoms with E-state index in [2.05, 4.69) is 20.8 Å². The summed E-state index contributed by atoms with van der Waals surface area (Å²) in [6, 6.07) is 32.3. The Labute approximate surface area is 269 Å². The van der Waals surface area contributed by atoms with Crippen LogP contribution in [0.2, 0.25) is 0 Å². The lowest BCUT2D eigenvalue weighted by Crippen LogP contribution is -2.25. The van der Waals surface area contributed by atoms with Crippen LogP contribution in [0.3, 0.4) is 0 Å². The summed E-state index contributed by atoms with van der Waals surface area (Å²) in [5, 5.41) is 25.7. The molecule has 1 atom stereocenters. The number of benzene rings is 4. The van der Waals surface area contributed by atoms with Gasteiger partial charge in [0, 0.05) is 46.1 Å².